The highest BCUT2D eigenvalue weighted by Crippen LogP contribution is 2.33. The van der Waals surface area contributed by atoms with Crippen LogP contribution in [0.3, 0.4) is 0 Å². The van der Waals surface area contributed by atoms with Gasteiger partial charge in [0.25, 0.3) is 0 Å². The maximum Gasteiger partial charge on any atom is 0.0277 e. The van der Waals surface area contributed by atoms with Gasteiger partial charge in [0, 0.05) is 6.04 Å². The summed E-state index contributed by atoms with van der Waals surface area (Å²) < 4.78 is 0. The molecule has 0 heterocycles. The first kappa shape index (κ1) is 10.8. The molecule has 2 N–H and O–H groups in total. The average Bonchev–Trinajstić information content (AvgIpc) is 2.16. The van der Waals surface area contributed by atoms with Crippen molar-refractivity contribution in [3.8, 4) is 0 Å². The molecule has 1 nitrogen and oxygen atoms in total. The highest BCUT2D eigenvalue weighted by atomic mass is 14.7. The van der Waals surface area contributed by atoms with Crippen LogP contribution >= 0.6 is 0 Å². The van der Waals surface area contributed by atoms with Crippen LogP contribution in [0.4, 0.5) is 0 Å². The number of hydrogen-bond donors (Lipinski definition) is 1. The zero-order valence-corrected chi connectivity index (χ0v) is 9.05. The van der Waals surface area contributed by atoms with E-state index >= 15 is 0 Å². The minimum absolute atomic E-state index is 0.245. The van der Waals surface area contributed by atoms with E-state index in [-0.39, 0.29) is 6.04 Å². The molecule has 0 aromatic carbocycles. The molecule has 1 aliphatic carbocycles. The fourth-order valence-corrected chi connectivity index (χ4v) is 2.43. The van der Waals surface area contributed by atoms with Gasteiger partial charge in [0.05, 0.1) is 0 Å². The van der Waals surface area contributed by atoms with Crippen molar-refractivity contribution in [3.63, 3.8) is 0 Å². The van der Waals surface area contributed by atoms with E-state index in [1.54, 1.807) is 0 Å². The van der Waals surface area contributed by atoms with Crippen molar-refractivity contribution < 1.29 is 0 Å². The minimum atomic E-state index is 0.245. The van der Waals surface area contributed by atoms with E-state index in [4.69, 9.17) is 5.73 Å². The molecule has 0 spiro atoms. The molecule has 0 aliphatic heterocycles. The lowest BCUT2D eigenvalue weighted by atomic mass is 9.76. The summed E-state index contributed by atoms with van der Waals surface area (Å²) in [5.74, 6) is 1.63. The Morgan fingerprint density at radius 1 is 1.54 bits per heavy atom. The normalized spacial score (nSPS) is 31.3. The molecule has 3 atom stereocenters. The Kier molecular flexibility index (Phi) is 3.98. The second-order valence-electron chi connectivity index (χ2n) is 4.57. The Morgan fingerprint density at radius 3 is 2.77 bits per heavy atom. The molecule has 0 aromatic rings. The van der Waals surface area contributed by atoms with Crippen LogP contribution in [-0.2, 0) is 0 Å². The first-order valence-corrected chi connectivity index (χ1v) is 5.56. The standard InChI is InChI=1S/C12H23N/c1-4-10-6-5-7-11(8-10)12(13)9(2)3/h10-12H,2,4-8,13H2,1,3H3. The van der Waals surface area contributed by atoms with Gasteiger partial charge in [-0.15, -0.1) is 0 Å². The number of rotatable bonds is 3. The largest absolute Gasteiger partial charge is 0.324 e. The Hall–Kier alpha value is -0.300. The summed E-state index contributed by atoms with van der Waals surface area (Å²) in [6.45, 7) is 8.30. The van der Waals surface area contributed by atoms with E-state index in [9.17, 15) is 0 Å². The quantitative estimate of drug-likeness (QED) is 0.665. The smallest absolute Gasteiger partial charge is 0.0277 e. The lowest BCUT2D eigenvalue weighted by Crippen LogP contribution is -2.34. The molecule has 0 radical (unpaired) electrons. The average molecular weight is 181 g/mol. The third-order valence-corrected chi connectivity index (χ3v) is 3.48. The molecule has 76 valence electrons. The molecule has 1 rings (SSSR count). The van der Waals surface area contributed by atoms with Gasteiger partial charge in [-0.3, -0.25) is 0 Å². The van der Waals surface area contributed by atoms with E-state index in [2.05, 4.69) is 20.4 Å². The second-order valence-corrected chi connectivity index (χ2v) is 4.57. The van der Waals surface area contributed by atoms with E-state index in [1.165, 1.54) is 32.1 Å². The highest BCUT2D eigenvalue weighted by Gasteiger charge is 2.25. The van der Waals surface area contributed by atoms with Gasteiger partial charge in [0.2, 0.25) is 0 Å². The van der Waals surface area contributed by atoms with Crippen LogP contribution in [0.2, 0.25) is 0 Å². The molecule has 0 amide bonds. The summed E-state index contributed by atoms with van der Waals surface area (Å²) in [5.41, 5.74) is 7.26. The van der Waals surface area contributed by atoms with Crippen molar-refractivity contribution in [2.75, 3.05) is 0 Å². The van der Waals surface area contributed by atoms with Crippen molar-refractivity contribution in [2.24, 2.45) is 17.6 Å². The Labute approximate surface area is 82.4 Å². The maximum atomic E-state index is 6.11. The summed E-state index contributed by atoms with van der Waals surface area (Å²) in [6, 6.07) is 0.245. The van der Waals surface area contributed by atoms with Gasteiger partial charge in [-0.2, -0.15) is 0 Å². The van der Waals surface area contributed by atoms with Crippen LogP contribution in [0.25, 0.3) is 0 Å². The molecule has 1 aliphatic rings. The molecule has 0 bridgehead atoms. The van der Waals surface area contributed by atoms with Crippen molar-refractivity contribution in [2.45, 2.75) is 52.0 Å². The van der Waals surface area contributed by atoms with Crippen molar-refractivity contribution >= 4 is 0 Å². The monoisotopic (exact) mass is 181 g/mol. The molecule has 1 fully saturated rings. The van der Waals surface area contributed by atoms with Crippen LogP contribution in [0.1, 0.15) is 46.0 Å². The van der Waals surface area contributed by atoms with Crippen LogP contribution in [0, 0.1) is 11.8 Å². The van der Waals surface area contributed by atoms with E-state index in [1.807, 2.05) is 0 Å². The topological polar surface area (TPSA) is 26.0 Å². The van der Waals surface area contributed by atoms with Crippen LogP contribution in [0.15, 0.2) is 12.2 Å². The van der Waals surface area contributed by atoms with Gasteiger partial charge >= 0.3 is 0 Å². The van der Waals surface area contributed by atoms with Crippen LogP contribution < -0.4 is 5.73 Å². The fourth-order valence-electron chi connectivity index (χ4n) is 2.43. The molecular formula is C12H23N. The molecule has 1 saturated carbocycles. The van der Waals surface area contributed by atoms with E-state index in [0.29, 0.717) is 5.92 Å². The lowest BCUT2D eigenvalue weighted by Gasteiger charge is -2.32. The summed E-state index contributed by atoms with van der Waals surface area (Å²) >= 11 is 0. The zero-order valence-electron chi connectivity index (χ0n) is 9.05. The van der Waals surface area contributed by atoms with Crippen LogP contribution in [0.5, 0.6) is 0 Å². The van der Waals surface area contributed by atoms with Gasteiger partial charge in [-0.1, -0.05) is 38.3 Å². The minimum Gasteiger partial charge on any atom is -0.324 e. The van der Waals surface area contributed by atoms with Gasteiger partial charge in [-0.05, 0) is 31.6 Å². The zero-order chi connectivity index (χ0) is 9.84. The summed E-state index contributed by atoms with van der Waals surface area (Å²) in [7, 11) is 0. The maximum absolute atomic E-state index is 6.11. The molecule has 13 heavy (non-hydrogen) atoms. The fraction of sp³-hybridized carbons (Fsp3) is 0.833. The van der Waals surface area contributed by atoms with Gasteiger partial charge in [0.15, 0.2) is 0 Å². The number of nitrogens with two attached hydrogens (primary N) is 1. The lowest BCUT2D eigenvalue weighted by molar-refractivity contribution is 0.242. The molecule has 1 heteroatoms. The SMILES string of the molecule is C=C(C)C(N)C1CCCC(CC)C1. The molecule has 0 saturated heterocycles. The number of hydrogen-bond acceptors (Lipinski definition) is 1. The predicted molar refractivity (Wildman–Crippen MR) is 58.5 cm³/mol. The Balaban J connectivity index is 2.46. The van der Waals surface area contributed by atoms with E-state index in [0.717, 1.165) is 11.5 Å². The summed E-state index contributed by atoms with van der Waals surface area (Å²) in [5, 5.41) is 0. The van der Waals surface area contributed by atoms with Crippen LogP contribution in [-0.4, -0.2) is 6.04 Å². The summed E-state index contributed by atoms with van der Waals surface area (Å²) in [4.78, 5) is 0. The third-order valence-electron chi connectivity index (χ3n) is 3.48. The first-order chi connectivity index (χ1) is 6.15. The van der Waals surface area contributed by atoms with E-state index < -0.39 is 0 Å². The van der Waals surface area contributed by atoms with Crippen molar-refractivity contribution in [3.05, 3.63) is 12.2 Å². The van der Waals surface area contributed by atoms with Crippen molar-refractivity contribution in [1.29, 1.82) is 0 Å². The Bertz CT molecular complexity index is 174. The molecule has 3 unspecified atom stereocenters. The van der Waals surface area contributed by atoms with Crippen molar-refractivity contribution in [1.82, 2.24) is 0 Å². The second kappa shape index (κ2) is 4.80. The molecular weight excluding hydrogens is 158 g/mol. The summed E-state index contributed by atoms with van der Waals surface area (Å²) in [6.07, 6.45) is 6.73. The molecule has 0 aromatic heterocycles. The van der Waals surface area contributed by atoms with Gasteiger partial charge in [-0.25, -0.2) is 0 Å². The third kappa shape index (κ3) is 2.84. The first-order valence-electron chi connectivity index (χ1n) is 5.56. The Morgan fingerprint density at radius 2 is 2.23 bits per heavy atom. The van der Waals surface area contributed by atoms with Gasteiger partial charge < -0.3 is 5.73 Å². The highest BCUT2D eigenvalue weighted by molar-refractivity contribution is 5.03. The predicted octanol–water partition coefficient (Wildman–Crippen LogP) is 3.11. The van der Waals surface area contributed by atoms with Gasteiger partial charge in [0.1, 0.15) is 0 Å².